The van der Waals surface area contributed by atoms with Crippen LogP contribution < -0.4 is 0 Å². The molecule has 0 aliphatic heterocycles. The first kappa shape index (κ1) is 17.2. The maximum atomic E-state index is 12.5. The molecule has 0 aliphatic rings. The summed E-state index contributed by atoms with van der Waals surface area (Å²) in [5.41, 5.74) is 2.18. The highest BCUT2D eigenvalue weighted by molar-refractivity contribution is 9.10. The number of aromatic nitrogens is 2. The lowest BCUT2D eigenvalue weighted by atomic mass is 10.1. The number of aliphatic carboxylic acids is 1. The molecule has 1 aromatic heterocycles. The summed E-state index contributed by atoms with van der Waals surface area (Å²) in [7, 11) is 1.60. The molecule has 0 bridgehead atoms. The van der Waals surface area contributed by atoms with Gasteiger partial charge >= 0.3 is 5.97 Å². The molecular weight excluding hydrogens is 362 g/mol. The van der Waals surface area contributed by atoms with Crippen LogP contribution in [-0.2, 0) is 11.2 Å². The van der Waals surface area contributed by atoms with Crippen molar-refractivity contribution in [3.8, 4) is 5.69 Å². The van der Waals surface area contributed by atoms with Gasteiger partial charge in [0.2, 0.25) is 0 Å². The molecule has 0 saturated carbocycles. The number of benzene rings is 1. The fourth-order valence-electron chi connectivity index (χ4n) is 2.27. The standard InChI is InChI=1S/C16H18BrN3O3/c1-3-14-13(16(23)19(2)9-8-15(21)22)10-18-20(14)12-6-4-11(17)5-7-12/h4-7,10H,3,8-9H2,1-2H3,(H,21,22). The van der Waals surface area contributed by atoms with Crippen molar-refractivity contribution in [3.63, 3.8) is 0 Å². The highest BCUT2D eigenvalue weighted by Crippen LogP contribution is 2.19. The lowest BCUT2D eigenvalue weighted by molar-refractivity contribution is -0.137. The summed E-state index contributed by atoms with van der Waals surface area (Å²) >= 11 is 3.39. The molecule has 1 aromatic carbocycles. The van der Waals surface area contributed by atoms with Gasteiger partial charge < -0.3 is 10.0 Å². The number of hydrogen-bond acceptors (Lipinski definition) is 3. The zero-order chi connectivity index (χ0) is 17.0. The highest BCUT2D eigenvalue weighted by atomic mass is 79.9. The summed E-state index contributed by atoms with van der Waals surface area (Å²) < 4.78 is 2.71. The lowest BCUT2D eigenvalue weighted by Crippen LogP contribution is -2.29. The Hall–Kier alpha value is -2.15. The Morgan fingerprint density at radius 1 is 1.30 bits per heavy atom. The minimum absolute atomic E-state index is 0.0788. The molecule has 1 heterocycles. The van der Waals surface area contributed by atoms with Gasteiger partial charge in [-0.15, -0.1) is 0 Å². The third-order valence-electron chi connectivity index (χ3n) is 3.51. The smallest absolute Gasteiger partial charge is 0.305 e. The van der Waals surface area contributed by atoms with Gasteiger partial charge in [0.05, 0.1) is 29.6 Å². The topological polar surface area (TPSA) is 75.4 Å². The molecule has 0 atom stereocenters. The van der Waals surface area contributed by atoms with Crippen molar-refractivity contribution in [1.82, 2.24) is 14.7 Å². The van der Waals surface area contributed by atoms with Crippen LogP contribution in [-0.4, -0.2) is 45.3 Å². The predicted molar refractivity (Wildman–Crippen MR) is 89.9 cm³/mol. The number of carbonyl (C=O) groups excluding carboxylic acids is 1. The average Bonchev–Trinajstić information content (AvgIpc) is 2.96. The summed E-state index contributed by atoms with van der Waals surface area (Å²) in [4.78, 5) is 24.6. The van der Waals surface area contributed by atoms with Crippen molar-refractivity contribution >= 4 is 27.8 Å². The molecule has 122 valence electrons. The van der Waals surface area contributed by atoms with E-state index in [0.29, 0.717) is 12.0 Å². The maximum absolute atomic E-state index is 12.5. The first-order valence-corrected chi connectivity index (χ1v) is 8.03. The Balaban J connectivity index is 2.28. The first-order valence-electron chi connectivity index (χ1n) is 7.24. The van der Waals surface area contributed by atoms with Gasteiger partial charge in [-0.1, -0.05) is 22.9 Å². The second-order valence-corrected chi connectivity index (χ2v) is 6.03. The lowest BCUT2D eigenvalue weighted by Gasteiger charge is -2.16. The van der Waals surface area contributed by atoms with E-state index in [0.717, 1.165) is 15.9 Å². The Morgan fingerprint density at radius 3 is 2.52 bits per heavy atom. The molecule has 1 amide bonds. The molecule has 7 heteroatoms. The van der Waals surface area contributed by atoms with E-state index in [1.54, 1.807) is 17.9 Å². The van der Waals surface area contributed by atoms with Gasteiger partial charge in [0.1, 0.15) is 0 Å². The minimum Gasteiger partial charge on any atom is -0.481 e. The van der Waals surface area contributed by atoms with Crippen LogP contribution in [0.4, 0.5) is 0 Å². The van der Waals surface area contributed by atoms with E-state index in [4.69, 9.17) is 5.11 Å². The normalized spacial score (nSPS) is 10.6. The Bertz CT molecular complexity index is 710. The first-order chi connectivity index (χ1) is 10.9. The highest BCUT2D eigenvalue weighted by Gasteiger charge is 2.20. The number of carbonyl (C=O) groups is 2. The quantitative estimate of drug-likeness (QED) is 0.836. The molecule has 0 saturated heterocycles. The minimum atomic E-state index is -0.925. The zero-order valence-electron chi connectivity index (χ0n) is 13.0. The van der Waals surface area contributed by atoms with E-state index < -0.39 is 5.97 Å². The summed E-state index contributed by atoms with van der Waals surface area (Å²) in [5, 5.41) is 13.1. The van der Waals surface area contributed by atoms with Crippen LogP contribution in [0, 0.1) is 0 Å². The number of amides is 1. The SMILES string of the molecule is CCc1c(C(=O)N(C)CCC(=O)O)cnn1-c1ccc(Br)cc1. The van der Waals surface area contributed by atoms with Crippen LogP contribution in [0.15, 0.2) is 34.9 Å². The molecule has 0 aliphatic carbocycles. The largest absolute Gasteiger partial charge is 0.481 e. The van der Waals surface area contributed by atoms with Gasteiger partial charge in [0.15, 0.2) is 0 Å². The van der Waals surface area contributed by atoms with E-state index in [1.807, 2.05) is 31.2 Å². The van der Waals surface area contributed by atoms with Crippen molar-refractivity contribution < 1.29 is 14.7 Å². The number of halogens is 1. The molecule has 0 fully saturated rings. The fourth-order valence-corrected chi connectivity index (χ4v) is 2.53. The van der Waals surface area contributed by atoms with Crippen molar-refractivity contribution in [2.24, 2.45) is 0 Å². The molecule has 2 rings (SSSR count). The molecular formula is C16H18BrN3O3. The number of carboxylic acids is 1. The second kappa shape index (κ2) is 7.41. The van der Waals surface area contributed by atoms with Gasteiger partial charge in [0, 0.05) is 18.1 Å². The predicted octanol–water partition coefficient (Wildman–Crippen LogP) is 2.74. The van der Waals surface area contributed by atoms with Gasteiger partial charge in [-0.2, -0.15) is 5.10 Å². The van der Waals surface area contributed by atoms with Gasteiger partial charge in [-0.3, -0.25) is 9.59 Å². The third-order valence-corrected chi connectivity index (χ3v) is 4.04. The molecule has 0 unspecified atom stereocenters. The Morgan fingerprint density at radius 2 is 1.96 bits per heavy atom. The molecule has 0 spiro atoms. The molecule has 6 nitrogen and oxygen atoms in total. The molecule has 2 aromatic rings. The van der Waals surface area contributed by atoms with Crippen LogP contribution in [0.25, 0.3) is 5.69 Å². The van der Waals surface area contributed by atoms with Crippen LogP contribution in [0.1, 0.15) is 29.4 Å². The molecule has 0 radical (unpaired) electrons. The Labute approximate surface area is 142 Å². The van der Waals surface area contributed by atoms with Crippen molar-refractivity contribution in [1.29, 1.82) is 0 Å². The third kappa shape index (κ3) is 3.98. The number of rotatable bonds is 6. The van der Waals surface area contributed by atoms with E-state index in [9.17, 15) is 9.59 Å². The van der Waals surface area contributed by atoms with E-state index in [2.05, 4.69) is 21.0 Å². The average molecular weight is 380 g/mol. The number of nitrogens with zero attached hydrogens (tertiary/aromatic N) is 3. The van der Waals surface area contributed by atoms with Crippen molar-refractivity contribution in [3.05, 3.63) is 46.2 Å². The number of carboxylic acid groups (broad SMARTS) is 1. The van der Waals surface area contributed by atoms with Gasteiger partial charge in [0.25, 0.3) is 5.91 Å². The second-order valence-electron chi connectivity index (χ2n) is 5.12. The van der Waals surface area contributed by atoms with Crippen LogP contribution in [0.3, 0.4) is 0 Å². The number of hydrogen-bond donors (Lipinski definition) is 1. The van der Waals surface area contributed by atoms with E-state index in [1.165, 1.54) is 4.90 Å². The van der Waals surface area contributed by atoms with E-state index in [-0.39, 0.29) is 18.9 Å². The Kier molecular flexibility index (Phi) is 5.54. The van der Waals surface area contributed by atoms with Crippen molar-refractivity contribution in [2.75, 3.05) is 13.6 Å². The fraction of sp³-hybridized carbons (Fsp3) is 0.312. The molecule has 23 heavy (non-hydrogen) atoms. The van der Waals surface area contributed by atoms with E-state index >= 15 is 0 Å². The summed E-state index contributed by atoms with van der Waals surface area (Å²) in [6.45, 7) is 2.13. The van der Waals surface area contributed by atoms with Crippen LogP contribution in [0.5, 0.6) is 0 Å². The van der Waals surface area contributed by atoms with Crippen LogP contribution in [0.2, 0.25) is 0 Å². The van der Waals surface area contributed by atoms with Gasteiger partial charge in [-0.25, -0.2) is 4.68 Å². The van der Waals surface area contributed by atoms with Crippen LogP contribution >= 0.6 is 15.9 Å². The summed E-state index contributed by atoms with van der Waals surface area (Å²) in [6.07, 6.45) is 2.11. The van der Waals surface area contributed by atoms with Crippen molar-refractivity contribution in [2.45, 2.75) is 19.8 Å². The van der Waals surface area contributed by atoms with Gasteiger partial charge in [-0.05, 0) is 30.7 Å². The summed E-state index contributed by atoms with van der Waals surface area (Å²) in [6, 6.07) is 7.66. The zero-order valence-corrected chi connectivity index (χ0v) is 14.6. The molecule has 1 N–H and O–H groups in total. The summed E-state index contributed by atoms with van der Waals surface area (Å²) in [5.74, 6) is -1.14. The monoisotopic (exact) mass is 379 g/mol. The maximum Gasteiger partial charge on any atom is 0.305 e.